The van der Waals surface area contributed by atoms with Crippen LogP contribution in [-0.4, -0.2) is 25.7 Å². The van der Waals surface area contributed by atoms with Crippen LogP contribution in [0.1, 0.15) is 16.7 Å². The van der Waals surface area contributed by atoms with Crippen molar-refractivity contribution < 1.29 is 22.5 Å². The molecule has 0 bridgehead atoms. The summed E-state index contributed by atoms with van der Waals surface area (Å²) >= 11 is 0. The molecule has 6 heteroatoms. The molecule has 5 nitrogen and oxygen atoms in total. The fraction of sp³-hybridized carbons (Fsp3) is 0.118. The number of carboxylic acids is 1. The van der Waals surface area contributed by atoms with Gasteiger partial charge in [0, 0.05) is 6.08 Å². The first kappa shape index (κ1) is 16.8. The van der Waals surface area contributed by atoms with Gasteiger partial charge in [-0.3, -0.25) is 0 Å². The van der Waals surface area contributed by atoms with E-state index in [2.05, 4.69) is 0 Å². The number of carbonyl (C=O) groups is 1. The predicted octanol–water partition coefficient (Wildman–Crippen LogP) is 2.85. The highest BCUT2D eigenvalue weighted by Crippen LogP contribution is 2.28. The van der Waals surface area contributed by atoms with E-state index in [0.717, 1.165) is 17.9 Å². The Labute approximate surface area is 135 Å². The first-order valence-corrected chi connectivity index (χ1v) is 8.58. The van der Waals surface area contributed by atoms with Gasteiger partial charge in [0.2, 0.25) is 0 Å². The smallest absolute Gasteiger partial charge is 0.328 e. The molecule has 0 aromatic heterocycles. The SMILES string of the molecule is Cc1cc(C(=CC(=O)O)c2ccccc2)ccc1OS(C)(=O)=O. The van der Waals surface area contributed by atoms with Crippen molar-refractivity contribution in [1.29, 1.82) is 0 Å². The zero-order chi connectivity index (χ0) is 17.0. The molecular weight excluding hydrogens is 316 g/mol. The molecule has 2 rings (SSSR count). The van der Waals surface area contributed by atoms with Crippen LogP contribution in [0.3, 0.4) is 0 Å². The summed E-state index contributed by atoms with van der Waals surface area (Å²) in [5.41, 5.74) is 2.55. The predicted molar refractivity (Wildman–Crippen MR) is 87.8 cm³/mol. The average molecular weight is 332 g/mol. The van der Waals surface area contributed by atoms with E-state index in [0.29, 0.717) is 16.7 Å². The second-order valence-electron chi connectivity index (χ2n) is 5.03. The summed E-state index contributed by atoms with van der Waals surface area (Å²) in [5.74, 6) is -0.836. The van der Waals surface area contributed by atoms with E-state index >= 15 is 0 Å². The van der Waals surface area contributed by atoms with E-state index in [9.17, 15) is 13.2 Å². The summed E-state index contributed by atoms with van der Waals surface area (Å²) in [6.07, 6.45) is 2.10. The van der Waals surface area contributed by atoms with Gasteiger partial charge < -0.3 is 9.29 Å². The molecule has 0 spiro atoms. The Morgan fingerprint density at radius 3 is 2.26 bits per heavy atom. The van der Waals surface area contributed by atoms with Gasteiger partial charge in [0.05, 0.1) is 6.26 Å². The maximum Gasteiger partial charge on any atom is 0.328 e. The van der Waals surface area contributed by atoms with Crippen LogP contribution in [0.2, 0.25) is 0 Å². The molecule has 2 aromatic carbocycles. The number of aryl methyl sites for hydroxylation is 1. The molecule has 0 saturated heterocycles. The van der Waals surface area contributed by atoms with Crippen molar-refractivity contribution in [3.05, 3.63) is 71.3 Å². The normalized spacial score (nSPS) is 12.0. The number of benzene rings is 2. The first-order chi connectivity index (χ1) is 10.8. The third-order valence-electron chi connectivity index (χ3n) is 3.08. The van der Waals surface area contributed by atoms with Gasteiger partial charge in [-0.25, -0.2) is 4.79 Å². The summed E-state index contributed by atoms with van der Waals surface area (Å²) in [5, 5.41) is 9.10. The third kappa shape index (κ3) is 4.69. The Hall–Kier alpha value is -2.60. The third-order valence-corrected chi connectivity index (χ3v) is 3.56. The van der Waals surface area contributed by atoms with E-state index in [-0.39, 0.29) is 5.75 Å². The van der Waals surface area contributed by atoms with E-state index in [1.807, 2.05) is 30.3 Å². The minimum Gasteiger partial charge on any atom is -0.478 e. The van der Waals surface area contributed by atoms with Crippen molar-refractivity contribution in [2.45, 2.75) is 6.92 Å². The van der Waals surface area contributed by atoms with Gasteiger partial charge in [-0.15, -0.1) is 0 Å². The lowest BCUT2D eigenvalue weighted by atomic mass is 9.96. The van der Waals surface area contributed by atoms with E-state index in [4.69, 9.17) is 9.29 Å². The van der Waals surface area contributed by atoms with Crippen LogP contribution in [0.15, 0.2) is 54.6 Å². The largest absolute Gasteiger partial charge is 0.478 e. The molecule has 23 heavy (non-hydrogen) atoms. The van der Waals surface area contributed by atoms with Crippen molar-refractivity contribution in [2.24, 2.45) is 0 Å². The molecule has 2 aromatic rings. The maximum atomic E-state index is 11.2. The zero-order valence-corrected chi connectivity index (χ0v) is 13.5. The van der Waals surface area contributed by atoms with Gasteiger partial charge in [-0.1, -0.05) is 36.4 Å². The minimum atomic E-state index is -3.61. The molecule has 1 N–H and O–H groups in total. The number of aliphatic carboxylic acids is 1. The lowest BCUT2D eigenvalue weighted by Crippen LogP contribution is -2.07. The van der Waals surface area contributed by atoms with Crippen LogP contribution >= 0.6 is 0 Å². The fourth-order valence-electron chi connectivity index (χ4n) is 2.15. The molecule has 0 amide bonds. The van der Waals surface area contributed by atoms with Crippen LogP contribution in [0.5, 0.6) is 5.75 Å². The van der Waals surface area contributed by atoms with E-state index in [1.165, 1.54) is 6.07 Å². The molecule has 0 aliphatic heterocycles. The van der Waals surface area contributed by atoms with Gasteiger partial charge in [0.1, 0.15) is 5.75 Å². The molecule has 0 aliphatic carbocycles. The number of hydrogen-bond acceptors (Lipinski definition) is 4. The summed E-state index contributed by atoms with van der Waals surface area (Å²) in [4.78, 5) is 11.1. The lowest BCUT2D eigenvalue weighted by Gasteiger charge is -2.11. The fourth-order valence-corrected chi connectivity index (χ4v) is 2.66. The van der Waals surface area contributed by atoms with Crippen molar-refractivity contribution >= 4 is 21.7 Å². The maximum absolute atomic E-state index is 11.2. The molecule has 0 radical (unpaired) electrons. The Kier molecular flexibility index (Phi) is 4.86. The first-order valence-electron chi connectivity index (χ1n) is 6.77. The van der Waals surface area contributed by atoms with Crippen molar-refractivity contribution in [1.82, 2.24) is 0 Å². The Morgan fingerprint density at radius 1 is 1.09 bits per heavy atom. The monoisotopic (exact) mass is 332 g/mol. The second kappa shape index (κ2) is 6.66. The molecule has 0 heterocycles. The number of hydrogen-bond donors (Lipinski definition) is 1. The average Bonchev–Trinajstić information content (AvgIpc) is 2.46. The molecule has 0 atom stereocenters. The van der Waals surface area contributed by atoms with Crippen LogP contribution in [-0.2, 0) is 14.9 Å². The summed E-state index contributed by atoms with van der Waals surface area (Å²) in [7, 11) is -3.61. The molecule has 0 saturated carbocycles. The molecular formula is C17H16O5S. The van der Waals surface area contributed by atoms with Crippen LogP contribution in [0.25, 0.3) is 5.57 Å². The Morgan fingerprint density at radius 2 is 1.74 bits per heavy atom. The Balaban J connectivity index is 2.49. The molecule has 0 fully saturated rings. The number of rotatable bonds is 5. The van der Waals surface area contributed by atoms with Crippen LogP contribution < -0.4 is 4.18 Å². The highest BCUT2D eigenvalue weighted by atomic mass is 32.2. The quantitative estimate of drug-likeness (QED) is 0.672. The van der Waals surface area contributed by atoms with Gasteiger partial charge in [-0.05, 0) is 41.3 Å². The van der Waals surface area contributed by atoms with Crippen molar-refractivity contribution in [3.63, 3.8) is 0 Å². The van der Waals surface area contributed by atoms with E-state index in [1.54, 1.807) is 19.1 Å². The standard InChI is InChI=1S/C17H16O5S/c1-12-10-14(8-9-16(12)22-23(2,20)21)15(11-17(18)19)13-6-4-3-5-7-13/h3-11H,1-2H3,(H,18,19). The van der Waals surface area contributed by atoms with Crippen LogP contribution in [0, 0.1) is 6.92 Å². The zero-order valence-electron chi connectivity index (χ0n) is 12.7. The lowest BCUT2D eigenvalue weighted by molar-refractivity contribution is -0.131. The molecule has 120 valence electrons. The summed E-state index contributed by atoms with van der Waals surface area (Å²) in [6, 6.07) is 14.0. The highest BCUT2D eigenvalue weighted by Gasteiger charge is 2.12. The van der Waals surface area contributed by atoms with Crippen molar-refractivity contribution in [3.8, 4) is 5.75 Å². The van der Waals surface area contributed by atoms with Gasteiger partial charge in [0.25, 0.3) is 0 Å². The van der Waals surface area contributed by atoms with E-state index < -0.39 is 16.1 Å². The van der Waals surface area contributed by atoms with Gasteiger partial charge in [0.15, 0.2) is 0 Å². The van der Waals surface area contributed by atoms with Gasteiger partial charge >= 0.3 is 16.1 Å². The summed E-state index contributed by atoms with van der Waals surface area (Å²) < 4.78 is 27.3. The molecule has 0 aliphatic rings. The van der Waals surface area contributed by atoms with Crippen molar-refractivity contribution in [2.75, 3.05) is 6.26 Å². The molecule has 0 unspecified atom stereocenters. The van der Waals surface area contributed by atoms with Gasteiger partial charge in [-0.2, -0.15) is 8.42 Å². The highest BCUT2D eigenvalue weighted by molar-refractivity contribution is 7.86. The second-order valence-corrected chi connectivity index (χ2v) is 6.60. The topological polar surface area (TPSA) is 80.7 Å². The Bertz CT molecular complexity index is 852. The summed E-state index contributed by atoms with van der Waals surface area (Å²) in [6.45, 7) is 1.70. The minimum absolute atomic E-state index is 0.221. The number of carboxylic acid groups (broad SMARTS) is 1. The van der Waals surface area contributed by atoms with Crippen LogP contribution in [0.4, 0.5) is 0 Å².